The molecule has 2 aromatic carbocycles. The highest BCUT2D eigenvalue weighted by atomic mass is 32.2. The van der Waals surface area contributed by atoms with Crippen LogP contribution in [0.4, 0.5) is 11.4 Å². The Morgan fingerprint density at radius 3 is 2.44 bits per heavy atom. The van der Waals surface area contributed by atoms with Crippen LogP contribution < -0.4 is 15.0 Å². The molecule has 0 aliphatic carbocycles. The number of amides is 1. The van der Waals surface area contributed by atoms with Crippen molar-refractivity contribution in [1.82, 2.24) is 4.31 Å². The number of nitrogens with one attached hydrogen (secondary N) is 1. The second-order valence-corrected chi connectivity index (χ2v) is 10.6. The van der Waals surface area contributed by atoms with Gasteiger partial charge < -0.3 is 24.4 Å². The molecule has 0 radical (unpaired) electrons. The molecular formula is C25H31N3O7S. The highest BCUT2D eigenvalue weighted by molar-refractivity contribution is 7.89. The Kier molecular flexibility index (Phi) is 8.44. The van der Waals surface area contributed by atoms with E-state index in [0.717, 1.165) is 37.2 Å². The molecule has 2 fully saturated rings. The van der Waals surface area contributed by atoms with Crippen molar-refractivity contribution in [2.45, 2.75) is 24.7 Å². The predicted molar refractivity (Wildman–Crippen MR) is 134 cm³/mol. The maximum absolute atomic E-state index is 13.1. The minimum atomic E-state index is -3.74. The molecule has 1 N–H and O–H groups in total. The standard InChI is InChI=1S/C25H31N3O7S/c1-19-6-2-3-7-23(19)34-18-25(30)35-17-24(29)26-21-16-20(8-9-22(21)27-10-4-5-11-27)36(31,32)28-12-14-33-15-13-28/h2-3,6-9,16H,4-5,10-15,17-18H2,1H3,(H,26,29). The summed E-state index contributed by atoms with van der Waals surface area (Å²) in [6, 6.07) is 12.0. The Bertz CT molecular complexity index is 1190. The van der Waals surface area contributed by atoms with Crippen molar-refractivity contribution in [3.63, 3.8) is 0 Å². The fourth-order valence-electron chi connectivity index (χ4n) is 4.17. The molecule has 0 spiro atoms. The van der Waals surface area contributed by atoms with Crippen LogP contribution >= 0.6 is 0 Å². The first-order valence-corrected chi connectivity index (χ1v) is 13.4. The normalized spacial score (nSPS) is 16.5. The summed E-state index contributed by atoms with van der Waals surface area (Å²) >= 11 is 0. The monoisotopic (exact) mass is 517 g/mol. The number of benzene rings is 2. The zero-order chi connectivity index (χ0) is 25.5. The number of hydrogen-bond acceptors (Lipinski definition) is 8. The van der Waals surface area contributed by atoms with Crippen LogP contribution in [0.3, 0.4) is 0 Å². The SMILES string of the molecule is Cc1ccccc1OCC(=O)OCC(=O)Nc1cc(S(=O)(=O)N2CCOCC2)ccc1N1CCCC1. The molecule has 0 aromatic heterocycles. The van der Waals surface area contributed by atoms with Crippen LogP contribution in [0.1, 0.15) is 18.4 Å². The first-order valence-electron chi connectivity index (χ1n) is 12.0. The van der Waals surface area contributed by atoms with E-state index in [-0.39, 0.29) is 24.6 Å². The lowest BCUT2D eigenvalue weighted by Crippen LogP contribution is -2.40. The van der Waals surface area contributed by atoms with Gasteiger partial charge in [-0.15, -0.1) is 0 Å². The number of para-hydroxylation sites is 1. The van der Waals surface area contributed by atoms with Gasteiger partial charge in [-0.3, -0.25) is 4.79 Å². The molecule has 36 heavy (non-hydrogen) atoms. The lowest BCUT2D eigenvalue weighted by molar-refractivity contribution is -0.149. The Hall–Kier alpha value is -3.15. The lowest BCUT2D eigenvalue weighted by Gasteiger charge is -2.27. The molecular weight excluding hydrogens is 486 g/mol. The van der Waals surface area contributed by atoms with Crippen molar-refractivity contribution in [2.75, 3.05) is 62.8 Å². The largest absolute Gasteiger partial charge is 0.482 e. The van der Waals surface area contributed by atoms with Gasteiger partial charge >= 0.3 is 5.97 Å². The van der Waals surface area contributed by atoms with E-state index in [1.54, 1.807) is 24.3 Å². The number of carbonyl (C=O) groups excluding carboxylic acids is 2. The number of esters is 1. The number of rotatable bonds is 9. The third-order valence-corrected chi connectivity index (χ3v) is 7.99. The summed E-state index contributed by atoms with van der Waals surface area (Å²) in [6.07, 6.45) is 2.03. The van der Waals surface area contributed by atoms with E-state index in [1.165, 1.54) is 10.4 Å². The van der Waals surface area contributed by atoms with Gasteiger partial charge in [-0.1, -0.05) is 18.2 Å². The molecule has 0 unspecified atom stereocenters. The minimum absolute atomic E-state index is 0.0891. The molecule has 1 amide bonds. The second kappa shape index (κ2) is 11.7. The summed E-state index contributed by atoms with van der Waals surface area (Å²) in [4.78, 5) is 26.9. The van der Waals surface area contributed by atoms with Gasteiger partial charge in [-0.05, 0) is 49.6 Å². The lowest BCUT2D eigenvalue weighted by atomic mass is 10.2. The van der Waals surface area contributed by atoms with Crippen LogP contribution in [0.5, 0.6) is 5.75 Å². The number of hydrogen-bond donors (Lipinski definition) is 1. The van der Waals surface area contributed by atoms with E-state index in [9.17, 15) is 18.0 Å². The number of ether oxygens (including phenoxy) is 3. The summed E-state index contributed by atoms with van der Waals surface area (Å²) in [7, 11) is -3.74. The number of anilines is 2. The van der Waals surface area contributed by atoms with Gasteiger partial charge in [0.25, 0.3) is 5.91 Å². The number of nitrogens with zero attached hydrogens (tertiary/aromatic N) is 2. The average molecular weight is 518 g/mol. The quantitative estimate of drug-likeness (QED) is 0.504. The van der Waals surface area contributed by atoms with E-state index in [0.29, 0.717) is 24.7 Å². The number of sulfonamides is 1. The molecule has 194 valence electrons. The second-order valence-electron chi connectivity index (χ2n) is 8.65. The first-order chi connectivity index (χ1) is 17.3. The Balaban J connectivity index is 1.42. The molecule has 2 aliphatic rings. The zero-order valence-electron chi connectivity index (χ0n) is 20.3. The van der Waals surface area contributed by atoms with Crippen molar-refractivity contribution in [1.29, 1.82) is 0 Å². The molecule has 11 heteroatoms. The van der Waals surface area contributed by atoms with Crippen molar-refractivity contribution in [2.24, 2.45) is 0 Å². The van der Waals surface area contributed by atoms with Gasteiger partial charge in [-0.2, -0.15) is 4.31 Å². The van der Waals surface area contributed by atoms with Crippen molar-refractivity contribution < 1.29 is 32.2 Å². The van der Waals surface area contributed by atoms with Gasteiger partial charge in [0.15, 0.2) is 13.2 Å². The van der Waals surface area contributed by atoms with Gasteiger partial charge in [-0.25, -0.2) is 13.2 Å². The van der Waals surface area contributed by atoms with Gasteiger partial charge in [0.05, 0.1) is 29.5 Å². The van der Waals surface area contributed by atoms with Gasteiger partial charge in [0.2, 0.25) is 10.0 Å². The Morgan fingerprint density at radius 1 is 1.00 bits per heavy atom. The fraction of sp³-hybridized carbons (Fsp3) is 0.440. The van der Waals surface area contributed by atoms with Crippen LogP contribution in [0.2, 0.25) is 0 Å². The molecule has 2 heterocycles. The van der Waals surface area contributed by atoms with Crippen LogP contribution in [0.25, 0.3) is 0 Å². The van der Waals surface area contributed by atoms with Gasteiger partial charge in [0, 0.05) is 26.2 Å². The number of aryl methyl sites for hydroxylation is 1. The van der Waals surface area contributed by atoms with Crippen LogP contribution in [0, 0.1) is 6.92 Å². The molecule has 2 saturated heterocycles. The van der Waals surface area contributed by atoms with Crippen molar-refractivity contribution >= 4 is 33.3 Å². The van der Waals surface area contributed by atoms with Crippen molar-refractivity contribution in [3.05, 3.63) is 48.0 Å². The molecule has 10 nitrogen and oxygen atoms in total. The Labute approximate surface area is 211 Å². The maximum atomic E-state index is 13.1. The Morgan fingerprint density at radius 2 is 1.72 bits per heavy atom. The summed E-state index contributed by atoms with van der Waals surface area (Å²) in [5, 5.41) is 2.73. The van der Waals surface area contributed by atoms with E-state index < -0.39 is 28.5 Å². The molecule has 2 aliphatic heterocycles. The molecule has 0 atom stereocenters. The zero-order valence-corrected chi connectivity index (χ0v) is 21.1. The average Bonchev–Trinajstić information content (AvgIpc) is 3.42. The maximum Gasteiger partial charge on any atom is 0.344 e. The van der Waals surface area contributed by atoms with Crippen molar-refractivity contribution in [3.8, 4) is 5.75 Å². The van der Waals surface area contributed by atoms with E-state index in [4.69, 9.17) is 14.2 Å². The smallest absolute Gasteiger partial charge is 0.344 e. The number of carbonyl (C=O) groups is 2. The molecule has 2 aromatic rings. The number of morpholine rings is 1. The molecule has 0 bridgehead atoms. The topological polar surface area (TPSA) is 114 Å². The molecule has 0 saturated carbocycles. The summed E-state index contributed by atoms with van der Waals surface area (Å²) in [5.74, 6) is -0.690. The van der Waals surface area contributed by atoms with E-state index >= 15 is 0 Å². The minimum Gasteiger partial charge on any atom is -0.482 e. The predicted octanol–water partition coefficient (Wildman–Crippen LogP) is 2.18. The third-order valence-electron chi connectivity index (χ3n) is 6.10. The highest BCUT2D eigenvalue weighted by Crippen LogP contribution is 2.32. The first kappa shape index (κ1) is 25.9. The van der Waals surface area contributed by atoms with E-state index in [1.807, 2.05) is 19.1 Å². The summed E-state index contributed by atoms with van der Waals surface area (Å²) < 4.78 is 43.5. The van der Waals surface area contributed by atoms with Crippen LogP contribution in [-0.4, -0.2) is 77.2 Å². The van der Waals surface area contributed by atoms with Crippen LogP contribution in [-0.2, 0) is 29.1 Å². The molecule has 4 rings (SSSR count). The van der Waals surface area contributed by atoms with E-state index in [2.05, 4.69) is 10.2 Å². The highest BCUT2D eigenvalue weighted by Gasteiger charge is 2.28. The third kappa shape index (κ3) is 6.34. The summed E-state index contributed by atoms with van der Waals surface area (Å²) in [6.45, 7) is 3.87. The van der Waals surface area contributed by atoms with Crippen LogP contribution in [0.15, 0.2) is 47.4 Å². The fourth-order valence-corrected chi connectivity index (χ4v) is 5.61. The summed E-state index contributed by atoms with van der Waals surface area (Å²) in [5.41, 5.74) is 1.98. The van der Waals surface area contributed by atoms with Gasteiger partial charge in [0.1, 0.15) is 5.75 Å².